The minimum absolute atomic E-state index is 0.0123. The molecule has 1 aliphatic heterocycles. The van der Waals surface area contributed by atoms with Gasteiger partial charge in [0.2, 0.25) is 6.79 Å². The largest absolute Gasteiger partial charge is 0.454 e. The molecule has 1 aromatic heterocycles. The summed E-state index contributed by atoms with van der Waals surface area (Å²) in [5.41, 5.74) is 0.936. The fraction of sp³-hybridized carbons (Fsp3) is 0.118. The van der Waals surface area contributed by atoms with Crippen molar-refractivity contribution < 1.29 is 19.2 Å². The van der Waals surface area contributed by atoms with Gasteiger partial charge in [-0.3, -0.25) is 14.9 Å². The SMILES string of the molecule is O=C(Cn1cnc(-c2cccc([N+](=O)[O-])c2)n1)c1ccc2c(c1)OCO2. The first-order chi connectivity index (χ1) is 12.6. The van der Waals surface area contributed by atoms with Crippen molar-refractivity contribution in [2.45, 2.75) is 6.54 Å². The Morgan fingerprint density at radius 1 is 1.19 bits per heavy atom. The third-order valence-electron chi connectivity index (χ3n) is 3.85. The first-order valence-electron chi connectivity index (χ1n) is 7.67. The smallest absolute Gasteiger partial charge is 0.270 e. The zero-order chi connectivity index (χ0) is 18.1. The van der Waals surface area contributed by atoms with Crippen LogP contribution in [0.4, 0.5) is 5.69 Å². The average Bonchev–Trinajstić information content (AvgIpc) is 3.30. The number of hydrogen-bond donors (Lipinski definition) is 0. The first kappa shape index (κ1) is 15.8. The molecule has 9 heteroatoms. The molecular weight excluding hydrogens is 340 g/mol. The highest BCUT2D eigenvalue weighted by Gasteiger charge is 2.17. The van der Waals surface area contributed by atoms with E-state index in [-0.39, 0.29) is 24.8 Å². The second-order valence-electron chi connectivity index (χ2n) is 5.56. The number of nitrogens with zero attached hydrogens (tertiary/aromatic N) is 4. The maximum absolute atomic E-state index is 12.4. The quantitative estimate of drug-likeness (QED) is 0.394. The molecular formula is C17H12N4O5. The number of nitro benzene ring substituents is 1. The van der Waals surface area contributed by atoms with Crippen LogP contribution in [0.25, 0.3) is 11.4 Å². The Bertz CT molecular complexity index is 1010. The maximum atomic E-state index is 12.4. The van der Waals surface area contributed by atoms with E-state index >= 15 is 0 Å². The van der Waals surface area contributed by atoms with Crippen LogP contribution in [0.15, 0.2) is 48.8 Å². The molecule has 1 aliphatic rings. The van der Waals surface area contributed by atoms with Crippen molar-refractivity contribution in [2.24, 2.45) is 0 Å². The van der Waals surface area contributed by atoms with Gasteiger partial charge in [0.05, 0.1) is 4.92 Å². The Morgan fingerprint density at radius 2 is 2.04 bits per heavy atom. The fourth-order valence-corrected chi connectivity index (χ4v) is 2.57. The van der Waals surface area contributed by atoms with Crippen molar-refractivity contribution in [3.8, 4) is 22.9 Å². The van der Waals surface area contributed by atoms with Crippen LogP contribution in [0.1, 0.15) is 10.4 Å². The number of benzene rings is 2. The number of fused-ring (bicyclic) bond motifs is 1. The van der Waals surface area contributed by atoms with E-state index in [1.54, 1.807) is 30.3 Å². The maximum Gasteiger partial charge on any atom is 0.270 e. The van der Waals surface area contributed by atoms with Gasteiger partial charge in [0.1, 0.15) is 12.9 Å². The minimum atomic E-state index is -0.482. The summed E-state index contributed by atoms with van der Waals surface area (Å²) < 4.78 is 11.9. The van der Waals surface area contributed by atoms with Crippen molar-refractivity contribution in [3.63, 3.8) is 0 Å². The van der Waals surface area contributed by atoms with Crippen LogP contribution in [0.5, 0.6) is 11.5 Å². The third kappa shape index (κ3) is 2.97. The number of ketones is 1. The number of hydrogen-bond acceptors (Lipinski definition) is 7. The van der Waals surface area contributed by atoms with Gasteiger partial charge in [0, 0.05) is 23.3 Å². The van der Waals surface area contributed by atoms with E-state index in [0.717, 1.165) is 0 Å². The van der Waals surface area contributed by atoms with E-state index in [0.29, 0.717) is 28.5 Å². The zero-order valence-corrected chi connectivity index (χ0v) is 13.4. The molecule has 0 spiro atoms. The molecule has 0 atom stereocenters. The second-order valence-corrected chi connectivity index (χ2v) is 5.56. The van der Waals surface area contributed by atoms with Crippen LogP contribution in [0, 0.1) is 10.1 Å². The number of aromatic nitrogens is 3. The lowest BCUT2D eigenvalue weighted by Gasteiger charge is -2.02. The molecule has 2 heterocycles. The molecule has 130 valence electrons. The highest BCUT2D eigenvalue weighted by Crippen LogP contribution is 2.32. The molecule has 0 amide bonds. The third-order valence-corrected chi connectivity index (χ3v) is 3.85. The molecule has 0 saturated carbocycles. The number of ether oxygens (including phenoxy) is 2. The molecule has 0 radical (unpaired) electrons. The van der Waals surface area contributed by atoms with E-state index in [9.17, 15) is 14.9 Å². The molecule has 0 aliphatic carbocycles. The van der Waals surface area contributed by atoms with Crippen molar-refractivity contribution in [3.05, 3.63) is 64.5 Å². The van der Waals surface area contributed by atoms with E-state index in [1.165, 1.54) is 23.1 Å². The van der Waals surface area contributed by atoms with Crippen LogP contribution in [-0.2, 0) is 6.54 Å². The van der Waals surface area contributed by atoms with Gasteiger partial charge in [-0.05, 0) is 18.2 Å². The lowest BCUT2D eigenvalue weighted by Crippen LogP contribution is -2.11. The molecule has 26 heavy (non-hydrogen) atoms. The number of nitro groups is 1. The zero-order valence-electron chi connectivity index (χ0n) is 13.4. The summed E-state index contributed by atoms with van der Waals surface area (Å²) in [5.74, 6) is 1.29. The second kappa shape index (κ2) is 6.28. The van der Waals surface area contributed by atoms with Crippen LogP contribution < -0.4 is 9.47 Å². The number of non-ortho nitro benzene ring substituents is 1. The predicted molar refractivity (Wildman–Crippen MR) is 89.0 cm³/mol. The lowest BCUT2D eigenvalue weighted by molar-refractivity contribution is -0.384. The van der Waals surface area contributed by atoms with Crippen LogP contribution >= 0.6 is 0 Å². The van der Waals surface area contributed by atoms with Gasteiger partial charge < -0.3 is 9.47 Å². The van der Waals surface area contributed by atoms with Gasteiger partial charge in [0.25, 0.3) is 5.69 Å². The molecule has 0 bridgehead atoms. The Labute approximate surface area is 147 Å². The Balaban J connectivity index is 1.52. The standard InChI is InChI=1S/C17H12N4O5/c22-14(11-4-5-15-16(7-11)26-10-25-15)8-20-9-18-17(19-20)12-2-1-3-13(6-12)21(23)24/h1-7,9H,8,10H2. The highest BCUT2D eigenvalue weighted by molar-refractivity contribution is 5.96. The van der Waals surface area contributed by atoms with Gasteiger partial charge in [-0.15, -0.1) is 0 Å². The Hall–Kier alpha value is -3.75. The van der Waals surface area contributed by atoms with Gasteiger partial charge >= 0.3 is 0 Å². The van der Waals surface area contributed by atoms with Crippen molar-refractivity contribution in [1.29, 1.82) is 0 Å². The van der Waals surface area contributed by atoms with Crippen molar-refractivity contribution in [2.75, 3.05) is 6.79 Å². The number of carbonyl (C=O) groups excluding carboxylic acids is 1. The normalized spacial score (nSPS) is 12.2. The molecule has 0 fully saturated rings. The van der Waals surface area contributed by atoms with Gasteiger partial charge in [-0.25, -0.2) is 9.67 Å². The summed E-state index contributed by atoms with van der Waals surface area (Å²) in [6.07, 6.45) is 1.42. The monoisotopic (exact) mass is 352 g/mol. The van der Waals surface area contributed by atoms with E-state index in [2.05, 4.69) is 10.1 Å². The molecule has 9 nitrogen and oxygen atoms in total. The van der Waals surface area contributed by atoms with Crippen LogP contribution in [-0.4, -0.2) is 32.3 Å². The number of rotatable bonds is 5. The van der Waals surface area contributed by atoms with Crippen molar-refractivity contribution in [1.82, 2.24) is 14.8 Å². The van der Waals surface area contributed by atoms with E-state index in [4.69, 9.17) is 9.47 Å². The first-order valence-corrected chi connectivity index (χ1v) is 7.67. The van der Waals surface area contributed by atoms with Gasteiger partial charge in [-0.1, -0.05) is 12.1 Å². The Morgan fingerprint density at radius 3 is 2.88 bits per heavy atom. The molecule has 0 N–H and O–H groups in total. The van der Waals surface area contributed by atoms with Crippen LogP contribution in [0.3, 0.4) is 0 Å². The summed E-state index contributed by atoms with van der Waals surface area (Å²) in [6, 6.07) is 11.0. The molecule has 0 unspecified atom stereocenters. The fourth-order valence-electron chi connectivity index (χ4n) is 2.57. The highest BCUT2D eigenvalue weighted by atomic mass is 16.7. The Kier molecular flexibility index (Phi) is 3.81. The summed E-state index contributed by atoms with van der Waals surface area (Å²) in [6.45, 7) is 0.129. The molecule has 4 rings (SSSR count). The van der Waals surface area contributed by atoms with Crippen molar-refractivity contribution >= 4 is 11.5 Å². The topological polar surface area (TPSA) is 109 Å². The molecule has 3 aromatic rings. The van der Waals surface area contributed by atoms with Crippen LogP contribution in [0.2, 0.25) is 0 Å². The van der Waals surface area contributed by atoms with E-state index in [1.807, 2.05) is 0 Å². The number of Topliss-reactive ketones (excluding diaryl/α,β-unsaturated/α-hetero) is 1. The minimum Gasteiger partial charge on any atom is -0.454 e. The average molecular weight is 352 g/mol. The van der Waals surface area contributed by atoms with Gasteiger partial charge in [-0.2, -0.15) is 5.10 Å². The predicted octanol–water partition coefficient (Wildman–Crippen LogP) is 2.46. The summed E-state index contributed by atoms with van der Waals surface area (Å²) in [5, 5.41) is 15.1. The van der Waals surface area contributed by atoms with E-state index < -0.39 is 4.92 Å². The summed E-state index contributed by atoms with van der Waals surface area (Å²) in [4.78, 5) is 26.9. The van der Waals surface area contributed by atoms with Gasteiger partial charge in [0.15, 0.2) is 23.1 Å². The molecule has 0 saturated heterocycles. The molecule has 2 aromatic carbocycles. The lowest BCUT2D eigenvalue weighted by atomic mass is 10.1. The summed E-state index contributed by atoms with van der Waals surface area (Å²) >= 11 is 0. The number of carbonyl (C=O) groups is 1. The summed E-state index contributed by atoms with van der Waals surface area (Å²) in [7, 11) is 0.